The molecule has 1 fully saturated rings. The molecule has 1 amide bonds. The van der Waals surface area contributed by atoms with E-state index >= 15 is 0 Å². The summed E-state index contributed by atoms with van der Waals surface area (Å²) in [6.45, 7) is 2.06. The number of carbonyl (C=O) groups is 2. The number of benzene rings is 1. The number of methoxy groups -OCH3 is 1. The van der Waals surface area contributed by atoms with E-state index in [2.05, 4.69) is 16.6 Å². The molecule has 1 aromatic carbocycles. The zero-order valence-electron chi connectivity index (χ0n) is 19.3. The SMILES string of the molecule is COC(=O)CCCCCCN1C(=O)C(F)(F)C[C@@H]1C=C[C@@H](O)[C@@H](C)CC#Cc1ccccc1. The Balaban J connectivity index is 1.85. The van der Waals surface area contributed by atoms with E-state index < -0.39 is 30.4 Å². The minimum Gasteiger partial charge on any atom is -0.469 e. The van der Waals surface area contributed by atoms with Gasteiger partial charge in [0.15, 0.2) is 0 Å². The third kappa shape index (κ3) is 8.62. The van der Waals surface area contributed by atoms with Gasteiger partial charge in [-0.1, -0.05) is 62.0 Å². The van der Waals surface area contributed by atoms with Crippen LogP contribution in [0.2, 0.25) is 0 Å². The number of aliphatic hydroxyl groups excluding tert-OH is 1. The van der Waals surface area contributed by atoms with Crippen LogP contribution in [0, 0.1) is 17.8 Å². The molecular formula is C26H33F2NO4. The van der Waals surface area contributed by atoms with Gasteiger partial charge in [-0.05, 0) is 30.9 Å². The van der Waals surface area contributed by atoms with Crippen LogP contribution in [0.1, 0.15) is 57.4 Å². The van der Waals surface area contributed by atoms with Gasteiger partial charge in [0.1, 0.15) is 0 Å². The average Bonchev–Trinajstić information content (AvgIpc) is 3.02. The van der Waals surface area contributed by atoms with Crippen molar-refractivity contribution in [3.05, 3.63) is 48.0 Å². The lowest BCUT2D eigenvalue weighted by molar-refractivity contribution is -0.148. The van der Waals surface area contributed by atoms with Crippen LogP contribution in [-0.2, 0) is 14.3 Å². The highest BCUT2D eigenvalue weighted by atomic mass is 19.3. The summed E-state index contributed by atoms with van der Waals surface area (Å²) in [5, 5.41) is 10.4. The maximum absolute atomic E-state index is 14.0. The molecule has 33 heavy (non-hydrogen) atoms. The molecule has 1 N–H and O–H groups in total. The minimum absolute atomic E-state index is 0.182. The lowest BCUT2D eigenvalue weighted by atomic mass is 9.99. The van der Waals surface area contributed by atoms with Crippen LogP contribution in [0.5, 0.6) is 0 Å². The minimum atomic E-state index is -3.39. The van der Waals surface area contributed by atoms with E-state index in [1.165, 1.54) is 24.2 Å². The number of unbranched alkanes of at least 4 members (excludes halogenated alkanes) is 3. The molecule has 0 spiro atoms. The number of amides is 1. The van der Waals surface area contributed by atoms with Crippen LogP contribution in [0.15, 0.2) is 42.5 Å². The van der Waals surface area contributed by atoms with E-state index in [4.69, 9.17) is 0 Å². The van der Waals surface area contributed by atoms with Crippen LogP contribution < -0.4 is 0 Å². The first-order chi connectivity index (χ1) is 15.7. The summed E-state index contributed by atoms with van der Waals surface area (Å²) in [5.41, 5.74) is 0.891. The van der Waals surface area contributed by atoms with Crippen molar-refractivity contribution in [2.75, 3.05) is 13.7 Å². The van der Waals surface area contributed by atoms with Gasteiger partial charge in [-0.3, -0.25) is 9.59 Å². The largest absolute Gasteiger partial charge is 0.469 e. The summed E-state index contributed by atoms with van der Waals surface area (Å²) in [7, 11) is 1.34. The number of halogens is 2. The molecule has 1 heterocycles. The van der Waals surface area contributed by atoms with Crippen LogP contribution in [-0.4, -0.2) is 53.6 Å². The first kappa shape index (κ1) is 26.5. The molecule has 180 valence electrons. The average molecular weight is 462 g/mol. The second kappa shape index (κ2) is 13.1. The highest BCUT2D eigenvalue weighted by molar-refractivity contribution is 5.86. The van der Waals surface area contributed by atoms with Crippen LogP contribution in [0.3, 0.4) is 0 Å². The normalized spacial score (nSPS) is 19.2. The lowest BCUT2D eigenvalue weighted by Gasteiger charge is -2.22. The van der Waals surface area contributed by atoms with Crippen LogP contribution in [0.25, 0.3) is 0 Å². The van der Waals surface area contributed by atoms with Gasteiger partial charge in [0.25, 0.3) is 5.91 Å². The monoisotopic (exact) mass is 461 g/mol. The fraction of sp³-hybridized carbons (Fsp3) is 0.538. The Hall–Kier alpha value is -2.72. The Bertz CT molecular complexity index is 860. The topological polar surface area (TPSA) is 66.8 Å². The lowest BCUT2D eigenvalue weighted by Crippen LogP contribution is -2.36. The van der Waals surface area contributed by atoms with Crippen LogP contribution >= 0.6 is 0 Å². The molecule has 1 aromatic rings. The van der Waals surface area contributed by atoms with E-state index in [1.807, 2.05) is 37.3 Å². The number of esters is 1. The smallest absolute Gasteiger partial charge is 0.327 e. The van der Waals surface area contributed by atoms with Gasteiger partial charge in [0.2, 0.25) is 0 Å². The zero-order chi connectivity index (χ0) is 24.3. The zero-order valence-corrected chi connectivity index (χ0v) is 19.3. The number of hydrogen-bond donors (Lipinski definition) is 1. The predicted octanol–water partition coefficient (Wildman–Crippen LogP) is 4.34. The van der Waals surface area contributed by atoms with Gasteiger partial charge in [-0.25, -0.2) is 0 Å². The van der Waals surface area contributed by atoms with Crippen LogP contribution in [0.4, 0.5) is 8.78 Å². The second-order valence-electron chi connectivity index (χ2n) is 8.44. The first-order valence-electron chi connectivity index (χ1n) is 11.4. The summed E-state index contributed by atoms with van der Waals surface area (Å²) >= 11 is 0. The van der Waals surface area contributed by atoms with Crippen molar-refractivity contribution in [3.8, 4) is 11.8 Å². The Morgan fingerprint density at radius 2 is 1.97 bits per heavy atom. The second-order valence-corrected chi connectivity index (χ2v) is 8.44. The molecule has 1 aliphatic heterocycles. The summed E-state index contributed by atoms with van der Waals surface area (Å²) in [5.74, 6) is 1.07. The van der Waals surface area contributed by atoms with Gasteiger partial charge in [-0.15, -0.1) is 0 Å². The number of rotatable bonds is 11. The number of ether oxygens (including phenoxy) is 1. The van der Waals surface area contributed by atoms with E-state index in [9.17, 15) is 23.5 Å². The molecule has 0 unspecified atom stereocenters. The number of hydrogen-bond acceptors (Lipinski definition) is 4. The van der Waals surface area contributed by atoms with E-state index in [1.54, 1.807) is 0 Å². The predicted molar refractivity (Wildman–Crippen MR) is 122 cm³/mol. The Labute approximate surface area is 194 Å². The molecule has 5 nitrogen and oxygen atoms in total. The third-order valence-electron chi connectivity index (χ3n) is 5.74. The van der Waals surface area contributed by atoms with E-state index in [-0.39, 0.29) is 18.4 Å². The molecule has 2 rings (SSSR count). The van der Waals surface area contributed by atoms with Gasteiger partial charge >= 0.3 is 11.9 Å². The van der Waals surface area contributed by atoms with Crippen molar-refractivity contribution in [2.45, 2.75) is 69.9 Å². The maximum Gasteiger partial charge on any atom is 0.327 e. The van der Waals surface area contributed by atoms with Gasteiger partial charge in [-0.2, -0.15) is 8.78 Å². The summed E-state index contributed by atoms with van der Waals surface area (Å²) in [6.07, 6.45) is 5.08. The molecule has 0 bridgehead atoms. The van der Waals surface area contributed by atoms with Gasteiger partial charge in [0.05, 0.1) is 19.3 Å². The molecule has 3 atom stereocenters. The van der Waals surface area contributed by atoms with E-state index in [0.29, 0.717) is 25.7 Å². The third-order valence-corrected chi connectivity index (χ3v) is 5.74. The standard InChI is InChI=1S/C26H33F2NO4/c1-20(11-10-14-21-12-6-5-7-13-21)23(30)17-16-22-19-26(27,28)25(32)29(22)18-9-4-3-8-15-24(31)33-2/h5-7,12-13,16-17,20,22-23,30H,3-4,8-9,11,15,18-19H2,1-2H3/t20-,22-,23+/m0/s1. The van der Waals surface area contributed by atoms with Crippen molar-refractivity contribution in [1.82, 2.24) is 4.90 Å². The fourth-order valence-electron chi connectivity index (χ4n) is 3.66. The molecule has 0 radical (unpaired) electrons. The molecule has 0 aromatic heterocycles. The molecular weight excluding hydrogens is 428 g/mol. The highest BCUT2D eigenvalue weighted by Crippen LogP contribution is 2.34. The van der Waals surface area contributed by atoms with Crippen molar-refractivity contribution in [3.63, 3.8) is 0 Å². The van der Waals surface area contributed by atoms with E-state index in [0.717, 1.165) is 18.4 Å². The quantitative estimate of drug-likeness (QED) is 0.230. The molecule has 7 heteroatoms. The summed E-state index contributed by atoms with van der Waals surface area (Å²) in [6, 6.07) is 8.77. The summed E-state index contributed by atoms with van der Waals surface area (Å²) < 4.78 is 32.7. The van der Waals surface area contributed by atoms with Crippen molar-refractivity contribution < 1.29 is 28.2 Å². The Morgan fingerprint density at radius 3 is 2.67 bits per heavy atom. The molecule has 0 saturated carbocycles. The fourth-order valence-corrected chi connectivity index (χ4v) is 3.66. The maximum atomic E-state index is 14.0. The van der Waals surface area contributed by atoms with Crippen molar-refractivity contribution >= 4 is 11.9 Å². The number of likely N-dealkylation sites (tertiary alicyclic amines) is 1. The molecule has 0 aliphatic carbocycles. The Morgan fingerprint density at radius 1 is 1.27 bits per heavy atom. The highest BCUT2D eigenvalue weighted by Gasteiger charge is 2.52. The number of carbonyl (C=O) groups excluding carboxylic acids is 2. The Kier molecular flexibility index (Phi) is 10.5. The van der Waals surface area contributed by atoms with Gasteiger partial charge in [0, 0.05) is 31.4 Å². The number of alkyl halides is 2. The van der Waals surface area contributed by atoms with Crippen molar-refractivity contribution in [1.29, 1.82) is 0 Å². The summed E-state index contributed by atoms with van der Waals surface area (Å²) in [4.78, 5) is 24.5. The number of aliphatic hydroxyl groups is 1. The molecule has 1 saturated heterocycles. The molecule has 1 aliphatic rings. The van der Waals surface area contributed by atoms with Gasteiger partial charge < -0.3 is 14.7 Å². The first-order valence-corrected chi connectivity index (χ1v) is 11.4. The van der Waals surface area contributed by atoms with Crippen molar-refractivity contribution in [2.24, 2.45) is 5.92 Å². The number of nitrogens with zero attached hydrogens (tertiary/aromatic N) is 1.